The van der Waals surface area contributed by atoms with Crippen molar-refractivity contribution in [2.75, 3.05) is 5.32 Å². The summed E-state index contributed by atoms with van der Waals surface area (Å²) in [6.07, 6.45) is 5.73. The predicted molar refractivity (Wildman–Crippen MR) is 71.1 cm³/mol. The van der Waals surface area contributed by atoms with E-state index in [1.54, 1.807) is 0 Å². The summed E-state index contributed by atoms with van der Waals surface area (Å²) in [4.78, 5) is 0. The molecule has 2 aromatic rings. The summed E-state index contributed by atoms with van der Waals surface area (Å²) in [5.41, 5.74) is 2.80. The smallest absolute Gasteiger partial charge is 0.0671 e. The van der Waals surface area contributed by atoms with E-state index >= 15 is 0 Å². The van der Waals surface area contributed by atoms with Crippen molar-refractivity contribution in [1.82, 2.24) is 10.2 Å². The van der Waals surface area contributed by atoms with E-state index in [1.165, 1.54) is 30.3 Å². The molecule has 1 heterocycles. The van der Waals surface area contributed by atoms with E-state index in [9.17, 15) is 0 Å². The van der Waals surface area contributed by atoms with Crippen molar-refractivity contribution in [3.8, 4) is 0 Å². The van der Waals surface area contributed by atoms with Gasteiger partial charge in [-0.15, -0.1) is 0 Å². The number of nitrogens with one attached hydrogen (secondary N) is 2. The second kappa shape index (κ2) is 3.76. The molecule has 1 aromatic carbocycles. The van der Waals surface area contributed by atoms with Gasteiger partial charge in [-0.2, -0.15) is 5.10 Å². The number of H-pyrrole nitrogens is 1. The normalized spacial score (nSPS) is 23.1. The zero-order chi connectivity index (χ0) is 11.9. The standard InChI is InChI=1S/C14H19N3/c1-14(2)7-6-10(8-14)16-12-4-3-5-13-11(12)9-15-17-13/h3-5,9-10,16H,6-8H2,1-2H3,(H,15,17). The summed E-state index contributed by atoms with van der Waals surface area (Å²) in [6, 6.07) is 6.88. The maximum atomic E-state index is 4.10. The Morgan fingerprint density at radius 2 is 2.29 bits per heavy atom. The van der Waals surface area contributed by atoms with E-state index in [-0.39, 0.29) is 0 Å². The highest BCUT2D eigenvalue weighted by Gasteiger charge is 2.30. The third-order valence-corrected chi connectivity index (χ3v) is 3.81. The minimum atomic E-state index is 0.488. The van der Waals surface area contributed by atoms with Crippen LogP contribution in [0.15, 0.2) is 24.4 Å². The molecule has 0 radical (unpaired) electrons. The van der Waals surface area contributed by atoms with Gasteiger partial charge in [0.15, 0.2) is 0 Å². The lowest BCUT2D eigenvalue weighted by Crippen LogP contribution is -2.17. The van der Waals surface area contributed by atoms with Crippen molar-refractivity contribution in [1.29, 1.82) is 0 Å². The zero-order valence-electron chi connectivity index (χ0n) is 10.5. The molecule has 0 saturated heterocycles. The Hall–Kier alpha value is -1.51. The summed E-state index contributed by atoms with van der Waals surface area (Å²) < 4.78 is 0. The van der Waals surface area contributed by atoms with E-state index < -0.39 is 0 Å². The molecule has 3 nitrogen and oxygen atoms in total. The third kappa shape index (κ3) is 2.02. The van der Waals surface area contributed by atoms with Crippen LogP contribution in [-0.4, -0.2) is 16.2 Å². The molecule has 17 heavy (non-hydrogen) atoms. The van der Waals surface area contributed by atoms with Gasteiger partial charge in [-0.3, -0.25) is 5.10 Å². The molecule has 1 aliphatic carbocycles. The lowest BCUT2D eigenvalue weighted by molar-refractivity contribution is 0.378. The Morgan fingerprint density at radius 3 is 3.06 bits per heavy atom. The van der Waals surface area contributed by atoms with Crippen molar-refractivity contribution in [2.24, 2.45) is 5.41 Å². The third-order valence-electron chi connectivity index (χ3n) is 3.81. The van der Waals surface area contributed by atoms with Crippen molar-refractivity contribution in [3.05, 3.63) is 24.4 Å². The van der Waals surface area contributed by atoms with E-state index in [0.717, 1.165) is 5.52 Å². The lowest BCUT2D eigenvalue weighted by atomic mass is 9.92. The van der Waals surface area contributed by atoms with E-state index in [4.69, 9.17) is 0 Å². The first-order chi connectivity index (χ1) is 8.14. The number of fused-ring (bicyclic) bond motifs is 1. The van der Waals surface area contributed by atoms with Crippen LogP contribution in [0.3, 0.4) is 0 Å². The van der Waals surface area contributed by atoms with Crippen molar-refractivity contribution in [3.63, 3.8) is 0 Å². The van der Waals surface area contributed by atoms with E-state index in [1.807, 2.05) is 6.20 Å². The second-order valence-corrected chi connectivity index (χ2v) is 5.89. The number of rotatable bonds is 2. The fourth-order valence-corrected chi connectivity index (χ4v) is 2.87. The summed E-state index contributed by atoms with van der Waals surface area (Å²) in [7, 11) is 0. The molecule has 0 amide bonds. The van der Waals surface area contributed by atoms with Crippen molar-refractivity contribution in [2.45, 2.75) is 39.2 Å². The first-order valence-corrected chi connectivity index (χ1v) is 6.33. The van der Waals surface area contributed by atoms with Crippen LogP contribution in [0.2, 0.25) is 0 Å². The Labute approximate surface area is 102 Å². The van der Waals surface area contributed by atoms with Crippen molar-refractivity contribution >= 4 is 16.6 Å². The summed E-state index contributed by atoms with van der Waals surface area (Å²) in [5, 5.41) is 12.0. The van der Waals surface area contributed by atoms with Gasteiger partial charge in [-0.05, 0) is 36.8 Å². The average Bonchev–Trinajstić information content (AvgIpc) is 2.85. The van der Waals surface area contributed by atoms with Crippen LogP contribution >= 0.6 is 0 Å². The van der Waals surface area contributed by atoms with Gasteiger partial charge in [0, 0.05) is 17.1 Å². The van der Waals surface area contributed by atoms with Crippen LogP contribution in [-0.2, 0) is 0 Å². The van der Waals surface area contributed by atoms with Gasteiger partial charge in [0.05, 0.1) is 11.7 Å². The van der Waals surface area contributed by atoms with Crippen LogP contribution in [0.5, 0.6) is 0 Å². The molecule has 1 aliphatic rings. The van der Waals surface area contributed by atoms with Crippen LogP contribution < -0.4 is 5.32 Å². The second-order valence-electron chi connectivity index (χ2n) is 5.89. The maximum absolute atomic E-state index is 4.10. The number of nitrogens with zero attached hydrogens (tertiary/aromatic N) is 1. The number of aromatic nitrogens is 2. The van der Waals surface area contributed by atoms with Gasteiger partial charge in [-0.1, -0.05) is 19.9 Å². The van der Waals surface area contributed by atoms with E-state index in [0.29, 0.717) is 11.5 Å². The number of hydrogen-bond acceptors (Lipinski definition) is 2. The molecule has 1 aromatic heterocycles. The molecule has 0 bridgehead atoms. The van der Waals surface area contributed by atoms with Crippen LogP contribution in [0.25, 0.3) is 10.9 Å². The highest BCUT2D eigenvalue weighted by Crippen LogP contribution is 2.38. The molecule has 1 unspecified atom stereocenters. The molecule has 2 N–H and O–H groups in total. The average molecular weight is 229 g/mol. The van der Waals surface area contributed by atoms with Crippen LogP contribution in [0.1, 0.15) is 33.1 Å². The number of anilines is 1. The summed E-state index contributed by atoms with van der Waals surface area (Å²) in [6.45, 7) is 4.71. The minimum Gasteiger partial charge on any atom is -0.382 e. The van der Waals surface area contributed by atoms with Crippen LogP contribution in [0, 0.1) is 5.41 Å². The highest BCUT2D eigenvalue weighted by atomic mass is 15.1. The monoisotopic (exact) mass is 229 g/mol. The van der Waals surface area contributed by atoms with Crippen molar-refractivity contribution < 1.29 is 0 Å². The Morgan fingerprint density at radius 1 is 1.41 bits per heavy atom. The van der Waals surface area contributed by atoms with Gasteiger partial charge < -0.3 is 5.32 Å². The number of hydrogen-bond donors (Lipinski definition) is 2. The molecule has 1 atom stereocenters. The van der Waals surface area contributed by atoms with Gasteiger partial charge >= 0.3 is 0 Å². The highest BCUT2D eigenvalue weighted by molar-refractivity contribution is 5.90. The zero-order valence-corrected chi connectivity index (χ0v) is 10.5. The molecular formula is C14H19N3. The van der Waals surface area contributed by atoms with Gasteiger partial charge in [0.1, 0.15) is 0 Å². The first kappa shape index (κ1) is 10.6. The Balaban J connectivity index is 1.84. The number of benzene rings is 1. The molecule has 3 heteroatoms. The largest absolute Gasteiger partial charge is 0.382 e. The minimum absolute atomic E-state index is 0.488. The molecule has 3 rings (SSSR count). The molecular weight excluding hydrogens is 210 g/mol. The topological polar surface area (TPSA) is 40.7 Å². The quantitative estimate of drug-likeness (QED) is 0.826. The molecule has 1 saturated carbocycles. The van der Waals surface area contributed by atoms with Crippen LogP contribution in [0.4, 0.5) is 5.69 Å². The fourth-order valence-electron chi connectivity index (χ4n) is 2.87. The predicted octanol–water partition coefficient (Wildman–Crippen LogP) is 3.55. The van der Waals surface area contributed by atoms with Gasteiger partial charge in [0.2, 0.25) is 0 Å². The number of aromatic amines is 1. The maximum Gasteiger partial charge on any atom is 0.0671 e. The Kier molecular flexibility index (Phi) is 2.35. The van der Waals surface area contributed by atoms with Gasteiger partial charge in [-0.25, -0.2) is 0 Å². The summed E-state index contributed by atoms with van der Waals surface area (Å²) in [5.74, 6) is 0. The first-order valence-electron chi connectivity index (χ1n) is 6.33. The summed E-state index contributed by atoms with van der Waals surface area (Å²) >= 11 is 0. The fraction of sp³-hybridized carbons (Fsp3) is 0.500. The molecule has 0 aliphatic heterocycles. The molecule has 90 valence electrons. The lowest BCUT2D eigenvalue weighted by Gasteiger charge is -2.19. The Bertz CT molecular complexity index is 527. The molecule has 0 spiro atoms. The molecule has 1 fully saturated rings. The van der Waals surface area contributed by atoms with E-state index in [2.05, 4.69) is 47.6 Å². The SMILES string of the molecule is CC1(C)CCC(Nc2cccc3[nH]ncc23)C1. The van der Waals surface area contributed by atoms with Gasteiger partial charge in [0.25, 0.3) is 0 Å².